The van der Waals surface area contributed by atoms with E-state index in [9.17, 15) is 9.59 Å². The summed E-state index contributed by atoms with van der Waals surface area (Å²) in [6.07, 6.45) is 0. The van der Waals surface area contributed by atoms with E-state index in [1.54, 1.807) is 0 Å². The number of benzene rings is 2. The number of carbonyl (C=O) groups is 2. The smallest absolute Gasteiger partial charge is 0.338 e. The van der Waals surface area contributed by atoms with Crippen molar-refractivity contribution >= 4 is 35.1 Å². The summed E-state index contributed by atoms with van der Waals surface area (Å²) in [6.45, 7) is 1.85. The third kappa shape index (κ3) is 3.59. The molecule has 2 N–H and O–H groups in total. The predicted molar refractivity (Wildman–Crippen MR) is 85.7 cm³/mol. The van der Waals surface area contributed by atoms with Crippen molar-refractivity contribution in [3.8, 4) is 0 Å². The number of rotatable bonds is 4. The van der Waals surface area contributed by atoms with Gasteiger partial charge in [-0.1, -0.05) is 53.5 Å². The van der Waals surface area contributed by atoms with Gasteiger partial charge in [0, 0.05) is 5.56 Å². The predicted octanol–water partition coefficient (Wildman–Crippen LogP) is 4.18. The topological polar surface area (TPSA) is 66.4 Å². The molecule has 4 nitrogen and oxygen atoms in total. The molecule has 1 atom stereocenters. The summed E-state index contributed by atoms with van der Waals surface area (Å²) in [4.78, 5) is 23.3. The average molecular weight is 338 g/mol. The molecule has 1 amide bonds. The second-order valence-corrected chi connectivity index (χ2v) is 5.54. The van der Waals surface area contributed by atoms with E-state index in [1.807, 2.05) is 37.3 Å². The van der Waals surface area contributed by atoms with E-state index < -0.39 is 5.97 Å². The zero-order valence-electron chi connectivity index (χ0n) is 11.6. The molecule has 22 heavy (non-hydrogen) atoms. The van der Waals surface area contributed by atoms with Gasteiger partial charge in [-0.3, -0.25) is 4.79 Å². The van der Waals surface area contributed by atoms with Gasteiger partial charge in [0.25, 0.3) is 5.91 Å². The standard InChI is InChI=1S/C16H13Cl2NO3/c1-9(10-5-3-2-4-6-10)19-15(20)11-7-12(17)14(16(21)22)13(18)8-11/h2-9H,1H3,(H,19,20)(H,21,22)/t9-/m0/s1. The van der Waals surface area contributed by atoms with Gasteiger partial charge in [-0.2, -0.15) is 0 Å². The minimum absolute atomic E-state index is 0.0717. The molecule has 6 heteroatoms. The maximum Gasteiger partial charge on any atom is 0.338 e. The maximum atomic E-state index is 12.2. The van der Waals surface area contributed by atoms with E-state index in [1.165, 1.54) is 12.1 Å². The van der Waals surface area contributed by atoms with E-state index >= 15 is 0 Å². The summed E-state index contributed by atoms with van der Waals surface area (Å²) in [7, 11) is 0. The van der Waals surface area contributed by atoms with Crippen molar-refractivity contribution in [2.45, 2.75) is 13.0 Å². The van der Waals surface area contributed by atoms with Crippen LogP contribution in [0.2, 0.25) is 10.0 Å². The first-order chi connectivity index (χ1) is 10.4. The fourth-order valence-electron chi connectivity index (χ4n) is 2.01. The minimum Gasteiger partial charge on any atom is -0.478 e. The number of aromatic carboxylic acids is 1. The third-order valence-electron chi connectivity index (χ3n) is 3.17. The molecule has 0 fully saturated rings. The van der Waals surface area contributed by atoms with Crippen molar-refractivity contribution in [2.75, 3.05) is 0 Å². The van der Waals surface area contributed by atoms with E-state index in [4.69, 9.17) is 28.3 Å². The lowest BCUT2D eigenvalue weighted by atomic mass is 10.1. The number of carboxylic acid groups (broad SMARTS) is 1. The van der Waals surface area contributed by atoms with E-state index in [0.29, 0.717) is 0 Å². The highest BCUT2D eigenvalue weighted by Gasteiger charge is 2.18. The summed E-state index contributed by atoms with van der Waals surface area (Å²) in [5.74, 6) is -1.61. The highest BCUT2D eigenvalue weighted by atomic mass is 35.5. The van der Waals surface area contributed by atoms with Gasteiger partial charge >= 0.3 is 5.97 Å². The Bertz CT molecular complexity index is 694. The average Bonchev–Trinajstić information content (AvgIpc) is 2.46. The lowest BCUT2D eigenvalue weighted by Gasteiger charge is -2.15. The molecular weight excluding hydrogens is 325 g/mol. The first kappa shape index (κ1) is 16.3. The van der Waals surface area contributed by atoms with Crippen LogP contribution in [0, 0.1) is 0 Å². The molecule has 0 bridgehead atoms. The number of amides is 1. The number of hydrogen-bond acceptors (Lipinski definition) is 2. The Morgan fingerprint density at radius 2 is 1.64 bits per heavy atom. The van der Waals surface area contributed by atoms with Gasteiger partial charge in [-0.15, -0.1) is 0 Å². The Morgan fingerprint density at radius 3 is 2.14 bits per heavy atom. The van der Waals surface area contributed by atoms with Crippen LogP contribution in [-0.2, 0) is 0 Å². The largest absolute Gasteiger partial charge is 0.478 e. The van der Waals surface area contributed by atoms with Gasteiger partial charge in [0.2, 0.25) is 0 Å². The van der Waals surface area contributed by atoms with Gasteiger partial charge in [0.15, 0.2) is 0 Å². The van der Waals surface area contributed by atoms with Crippen LogP contribution in [-0.4, -0.2) is 17.0 Å². The van der Waals surface area contributed by atoms with Gasteiger partial charge in [0.05, 0.1) is 21.7 Å². The molecule has 114 valence electrons. The summed E-state index contributed by atoms with van der Waals surface area (Å²) < 4.78 is 0. The number of carboxylic acids is 1. The Balaban J connectivity index is 2.22. The van der Waals surface area contributed by atoms with Gasteiger partial charge < -0.3 is 10.4 Å². The van der Waals surface area contributed by atoms with Crippen molar-refractivity contribution in [2.24, 2.45) is 0 Å². The Morgan fingerprint density at radius 1 is 1.09 bits per heavy atom. The first-order valence-electron chi connectivity index (χ1n) is 6.48. The highest BCUT2D eigenvalue weighted by molar-refractivity contribution is 6.39. The Hall–Kier alpha value is -2.04. The monoisotopic (exact) mass is 337 g/mol. The first-order valence-corrected chi connectivity index (χ1v) is 7.24. The number of halogens is 2. The van der Waals surface area contributed by atoms with Gasteiger partial charge in [-0.25, -0.2) is 4.79 Å². The van der Waals surface area contributed by atoms with E-state index in [-0.39, 0.29) is 33.1 Å². The highest BCUT2D eigenvalue weighted by Crippen LogP contribution is 2.27. The van der Waals surface area contributed by atoms with E-state index in [0.717, 1.165) is 5.56 Å². The molecule has 0 saturated carbocycles. The van der Waals surface area contributed by atoms with Crippen molar-refractivity contribution < 1.29 is 14.7 Å². The fourth-order valence-corrected chi connectivity index (χ4v) is 2.66. The van der Waals surface area contributed by atoms with Crippen LogP contribution in [0.25, 0.3) is 0 Å². The molecule has 0 aliphatic rings. The molecule has 0 heterocycles. The van der Waals surface area contributed by atoms with Crippen LogP contribution in [0.3, 0.4) is 0 Å². The number of hydrogen-bond donors (Lipinski definition) is 2. The molecule has 2 rings (SSSR count). The normalized spacial score (nSPS) is 11.8. The molecule has 2 aromatic carbocycles. The SMILES string of the molecule is C[C@H](NC(=O)c1cc(Cl)c(C(=O)O)c(Cl)c1)c1ccccc1. The molecule has 0 aromatic heterocycles. The lowest BCUT2D eigenvalue weighted by molar-refractivity contribution is 0.0696. The van der Waals surface area contributed by atoms with Gasteiger partial charge in [0.1, 0.15) is 0 Å². The Kier molecular flexibility index (Phi) is 5.06. The molecule has 0 spiro atoms. The van der Waals surface area contributed by atoms with Crippen molar-refractivity contribution in [1.29, 1.82) is 0 Å². The summed E-state index contributed by atoms with van der Waals surface area (Å²) in [6, 6.07) is 11.8. The lowest BCUT2D eigenvalue weighted by Crippen LogP contribution is -2.26. The van der Waals surface area contributed by atoms with Crippen LogP contribution in [0.15, 0.2) is 42.5 Å². The minimum atomic E-state index is -1.24. The van der Waals surface area contributed by atoms with Crippen LogP contribution < -0.4 is 5.32 Å². The molecule has 0 saturated heterocycles. The zero-order chi connectivity index (χ0) is 16.3. The quantitative estimate of drug-likeness (QED) is 0.879. The van der Waals surface area contributed by atoms with Gasteiger partial charge in [-0.05, 0) is 24.6 Å². The number of carbonyl (C=O) groups excluding carboxylic acids is 1. The van der Waals surface area contributed by atoms with Crippen LogP contribution in [0.4, 0.5) is 0 Å². The second-order valence-electron chi connectivity index (χ2n) is 4.73. The summed E-state index contributed by atoms with van der Waals surface area (Å²) in [5, 5.41) is 11.7. The van der Waals surface area contributed by atoms with Crippen LogP contribution in [0.1, 0.15) is 39.2 Å². The van der Waals surface area contributed by atoms with Crippen molar-refractivity contribution in [3.63, 3.8) is 0 Å². The number of nitrogens with one attached hydrogen (secondary N) is 1. The maximum absolute atomic E-state index is 12.2. The third-order valence-corrected chi connectivity index (χ3v) is 3.76. The van der Waals surface area contributed by atoms with Crippen LogP contribution >= 0.6 is 23.2 Å². The summed E-state index contributed by atoms with van der Waals surface area (Å²) in [5.41, 5.74) is 0.953. The molecule has 0 radical (unpaired) electrons. The second kappa shape index (κ2) is 6.81. The van der Waals surface area contributed by atoms with E-state index in [2.05, 4.69) is 5.32 Å². The Labute approximate surface area is 137 Å². The molecule has 0 unspecified atom stereocenters. The van der Waals surface area contributed by atoms with Crippen LogP contribution in [0.5, 0.6) is 0 Å². The molecule has 0 aliphatic carbocycles. The molecular formula is C16H13Cl2NO3. The van der Waals surface area contributed by atoms with Crippen molar-refractivity contribution in [3.05, 3.63) is 69.2 Å². The summed E-state index contributed by atoms with van der Waals surface area (Å²) >= 11 is 11.8. The molecule has 0 aliphatic heterocycles. The van der Waals surface area contributed by atoms with Crippen molar-refractivity contribution in [1.82, 2.24) is 5.32 Å². The zero-order valence-corrected chi connectivity index (χ0v) is 13.2. The fraction of sp³-hybridized carbons (Fsp3) is 0.125. The molecule has 2 aromatic rings.